The predicted octanol–water partition coefficient (Wildman–Crippen LogP) is 1.91. The lowest BCUT2D eigenvalue weighted by molar-refractivity contribution is -0.140. The van der Waals surface area contributed by atoms with Gasteiger partial charge in [0.15, 0.2) is 18.1 Å². The van der Waals surface area contributed by atoms with Crippen LogP contribution >= 0.6 is 0 Å². The van der Waals surface area contributed by atoms with Crippen LogP contribution < -0.4 is 20.2 Å². The number of rotatable bonds is 5. The molecule has 0 unspecified atom stereocenters. The van der Waals surface area contributed by atoms with Crippen LogP contribution in [-0.2, 0) is 9.59 Å². The molecule has 0 bridgehead atoms. The number of aryl methyl sites for hydroxylation is 1. The number of hydrazine groups is 1. The fraction of sp³-hybridized carbons (Fsp3) is 0.526. The lowest BCUT2D eigenvalue weighted by Crippen LogP contribution is -2.52. The first-order chi connectivity index (χ1) is 12.8. The Morgan fingerprint density at radius 3 is 2.67 bits per heavy atom. The average Bonchev–Trinajstić information content (AvgIpc) is 2.87. The summed E-state index contributed by atoms with van der Waals surface area (Å²) in [5, 5.41) is 3.53. The van der Waals surface area contributed by atoms with Crippen molar-refractivity contribution in [2.75, 3.05) is 13.7 Å². The fourth-order valence-corrected chi connectivity index (χ4v) is 3.51. The van der Waals surface area contributed by atoms with Crippen LogP contribution in [0, 0.1) is 12.8 Å². The molecule has 2 fully saturated rings. The quantitative estimate of drug-likeness (QED) is 0.767. The van der Waals surface area contributed by atoms with Gasteiger partial charge in [-0.25, -0.2) is 4.79 Å². The van der Waals surface area contributed by atoms with Gasteiger partial charge in [-0.05, 0) is 56.2 Å². The van der Waals surface area contributed by atoms with Gasteiger partial charge in [0.1, 0.15) is 5.54 Å². The molecule has 2 N–H and O–H groups in total. The van der Waals surface area contributed by atoms with Gasteiger partial charge in [-0.2, -0.15) is 5.01 Å². The SMILES string of the molecule is COc1cc(C)ccc1OCC(=O)NN1C(=O)NC2(CCC(C)CC2)C1=O. The van der Waals surface area contributed by atoms with E-state index in [0.717, 1.165) is 23.4 Å². The number of nitrogens with one attached hydrogen (secondary N) is 2. The third-order valence-electron chi connectivity index (χ3n) is 5.20. The van der Waals surface area contributed by atoms with Gasteiger partial charge < -0.3 is 14.8 Å². The molecule has 0 aromatic heterocycles. The number of imide groups is 1. The van der Waals surface area contributed by atoms with Crippen LogP contribution in [0.5, 0.6) is 11.5 Å². The van der Waals surface area contributed by atoms with E-state index in [-0.39, 0.29) is 6.61 Å². The molecule has 1 aliphatic carbocycles. The summed E-state index contributed by atoms with van der Waals surface area (Å²) < 4.78 is 10.7. The Labute approximate surface area is 158 Å². The highest BCUT2D eigenvalue weighted by Gasteiger charge is 2.52. The van der Waals surface area contributed by atoms with Gasteiger partial charge in [-0.15, -0.1) is 0 Å². The average molecular weight is 375 g/mol. The van der Waals surface area contributed by atoms with E-state index in [2.05, 4.69) is 17.7 Å². The summed E-state index contributed by atoms with van der Waals surface area (Å²) in [7, 11) is 1.51. The van der Waals surface area contributed by atoms with Crippen molar-refractivity contribution in [1.82, 2.24) is 15.8 Å². The number of hydrogen-bond acceptors (Lipinski definition) is 5. The second kappa shape index (κ2) is 7.46. The maximum Gasteiger partial charge on any atom is 0.344 e. The maximum atomic E-state index is 12.7. The molecule has 0 atom stereocenters. The molecular weight excluding hydrogens is 350 g/mol. The fourth-order valence-electron chi connectivity index (χ4n) is 3.51. The Hall–Kier alpha value is -2.77. The Bertz CT molecular complexity index is 756. The molecule has 1 aromatic rings. The van der Waals surface area contributed by atoms with E-state index >= 15 is 0 Å². The van der Waals surface area contributed by atoms with Crippen molar-refractivity contribution in [2.24, 2.45) is 5.92 Å². The highest BCUT2D eigenvalue weighted by molar-refractivity contribution is 6.08. The van der Waals surface area contributed by atoms with E-state index in [1.165, 1.54) is 7.11 Å². The highest BCUT2D eigenvalue weighted by Crippen LogP contribution is 2.35. The minimum absolute atomic E-state index is 0.347. The highest BCUT2D eigenvalue weighted by atomic mass is 16.5. The van der Waals surface area contributed by atoms with Gasteiger partial charge in [-0.1, -0.05) is 13.0 Å². The molecule has 8 nitrogen and oxygen atoms in total. The Balaban J connectivity index is 1.59. The Kier molecular flexibility index (Phi) is 5.25. The lowest BCUT2D eigenvalue weighted by atomic mass is 9.77. The molecule has 1 aliphatic heterocycles. The summed E-state index contributed by atoms with van der Waals surface area (Å²) in [6, 6.07) is 4.73. The zero-order chi connectivity index (χ0) is 19.6. The molecular formula is C19H25N3O5. The van der Waals surface area contributed by atoms with Crippen LogP contribution in [0.4, 0.5) is 4.79 Å². The van der Waals surface area contributed by atoms with Crippen molar-refractivity contribution in [3.8, 4) is 11.5 Å². The normalized spacial score (nSPS) is 24.7. The Morgan fingerprint density at radius 2 is 2.00 bits per heavy atom. The Morgan fingerprint density at radius 1 is 1.30 bits per heavy atom. The standard InChI is InChI=1S/C19H25N3O5/c1-12-6-8-19(9-7-12)17(24)22(18(25)20-19)21-16(23)11-27-14-5-4-13(2)10-15(14)26-3/h4-5,10,12H,6-9,11H2,1-3H3,(H,20,25)(H,21,23). The molecule has 0 radical (unpaired) electrons. The summed E-state index contributed by atoms with van der Waals surface area (Å²) in [5.74, 6) is 0.450. The van der Waals surface area contributed by atoms with E-state index in [1.54, 1.807) is 12.1 Å². The number of methoxy groups -OCH3 is 1. The smallest absolute Gasteiger partial charge is 0.344 e. The molecule has 1 aromatic carbocycles. The number of benzene rings is 1. The summed E-state index contributed by atoms with van der Waals surface area (Å²) in [4.78, 5) is 37.1. The molecule has 3 rings (SSSR count). The van der Waals surface area contributed by atoms with Crippen LogP contribution in [0.2, 0.25) is 0 Å². The van der Waals surface area contributed by atoms with Crippen molar-refractivity contribution in [3.05, 3.63) is 23.8 Å². The van der Waals surface area contributed by atoms with Crippen LogP contribution in [0.25, 0.3) is 0 Å². The van der Waals surface area contributed by atoms with Crippen molar-refractivity contribution in [2.45, 2.75) is 45.1 Å². The first-order valence-corrected chi connectivity index (χ1v) is 9.08. The number of carbonyl (C=O) groups excluding carboxylic acids is 3. The summed E-state index contributed by atoms with van der Waals surface area (Å²) >= 11 is 0. The van der Waals surface area contributed by atoms with E-state index in [0.29, 0.717) is 30.3 Å². The van der Waals surface area contributed by atoms with Crippen LogP contribution in [0.1, 0.15) is 38.2 Å². The van der Waals surface area contributed by atoms with Gasteiger partial charge >= 0.3 is 6.03 Å². The first-order valence-electron chi connectivity index (χ1n) is 9.08. The van der Waals surface area contributed by atoms with Crippen LogP contribution in [-0.4, -0.2) is 42.1 Å². The number of carbonyl (C=O) groups is 3. The minimum Gasteiger partial charge on any atom is -0.493 e. The topological polar surface area (TPSA) is 97.0 Å². The van der Waals surface area contributed by atoms with Gasteiger partial charge in [0.25, 0.3) is 11.8 Å². The predicted molar refractivity (Wildman–Crippen MR) is 97.1 cm³/mol. The van der Waals surface area contributed by atoms with Crippen LogP contribution in [0.15, 0.2) is 18.2 Å². The number of nitrogens with zero attached hydrogens (tertiary/aromatic N) is 1. The molecule has 1 saturated carbocycles. The van der Waals surface area contributed by atoms with E-state index in [4.69, 9.17) is 9.47 Å². The minimum atomic E-state index is -0.891. The molecule has 1 heterocycles. The van der Waals surface area contributed by atoms with Crippen LogP contribution in [0.3, 0.4) is 0 Å². The number of hydrogen-bond donors (Lipinski definition) is 2. The third-order valence-corrected chi connectivity index (χ3v) is 5.20. The molecule has 1 saturated heterocycles. The molecule has 146 valence electrons. The van der Waals surface area contributed by atoms with Crippen molar-refractivity contribution in [3.63, 3.8) is 0 Å². The van der Waals surface area contributed by atoms with E-state index < -0.39 is 23.4 Å². The summed E-state index contributed by atoms with van der Waals surface area (Å²) in [6.07, 6.45) is 2.90. The molecule has 4 amide bonds. The number of amides is 4. The first kappa shape index (κ1) is 19.0. The summed E-state index contributed by atoms with van der Waals surface area (Å²) in [6.45, 7) is 3.70. The second-order valence-electron chi connectivity index (χ2n) is 7.31. The molecule has 2 aliphatic rings. The number of urea groups is 1. The van der Waals surface area contributed by atoms with E-state index in [1.807, 2.05) is 13.0 Å². The molecule has 1 spiro atoms. The van der Waals surface area contributed by atoms with E-state index in [9.17, 15) is 14.4 Å². The number of ether oxygens (including phenoxy) is 2. The van der Waals surface area contributed by atoms with Gasteiger partial charge in [0, 0.05) is 0 Å². The zero-order valence-corrected chi connectivity index (χ0v) is 15.8. The van der Waals surface area contributed by atoms with Gasteiger partial charge in [-0.3, -0.25) is 15.0 Å². The second-order valence-corrected chi connectivity index (χ2v) is 7.31. The largest absolute Gasteiger partial charge is 0.493 e. The molecule has 27 heavy (non-hydrogen) atoms. The summed E-state index contributed by atoms with van der Waals surface area (Å²) in [5.41, 5.74) is 2.45. The third kappa shape index (κ3) is 3.84. The lowest BCUT2D eigenvalue weighted by Gasteiger charge is -2.33. The van der Waals surface area contributed by atoms with Crippen molar-refractivity contribution >= 4 is 17.8 Å². The van der Waals surface area contributed by atoms with Crippen molar-refractivity contribution in [1.29, 1.82) is 0 Å². The van der Waals surface area contributed by atoms with Gasteiger partial charge in [0.2, 0.25) is 0 Å². The zero-order valence-electron chi connectivity index (χ0n) is 15.8. The molecule has 8 heteroatoms. The monoisotopic (exact) mass is 375 g/mol. The van der Waals surface area contributed by atoms with Crippen molar-refractivity contribution < 1.29 is 23.9 Å². The van der Waals surface area contributed by atoms with Gasteiger partial charge in [0.05, 0.1) is 7.11 Å². The maximum absolute atomic E-state index is 12.7.